The van der Waals surface area contributed by atoms with Crippen LogP contribution in [0.25, 0.3) is 0 Å². The van der Waals surface area contributed by atoms with Crippen molar-refractivity contribution >= 4 is 23.5 Å². The minimum Gasteiger partial charge on any atom is -0.353 e. The molecule has 16 heavy (non-hydrogen) atoms. The second-order valence-electron chi connectivity index (χ2n) is 3.63. The number of nitrogens with one attached hydrogen (secondary N) is 1. The lowest BCUT2D eigenvalue weighted by Crippen LogP contribution is -2.48. The first-order valence-corrected chi connectivity index (χ1v) is 6.33. The van der Waals surface area contributed by atoms with E-state index in [0.29, 0.717) is 13.1 Å². The van der Waals surface area contributed by atoms with Crippen LogP contribution in [0.3, 0.4) is 0 Å². The van der Waals surface area contributed by atoms with E-state index in [1.807, 2.05) is 24.1 Å². The Kier molecular flexibility index (Phi) is 3.28. The summed E-state index contributed by atoms with van der Waals surface area (Å²) >= 11 is 1.51. The highest BCUT2D eigenvalue weighted by molar-refractivity contribution is 7.98. The van der Waals surface area contributed by atoms with Crippen LogP contribution in [-0.2, 0) is 4.79 Å². The van der Waals surface area contributed by atoms with Crippen LogP contribution < -0.4 is 10.2 Å². The van der Waals surface area contributed by atoms with Crippen LogP contribution in [0.2, 0.25) is 0 Å². The molecule has 2 heterocycles. The fourth-order valence-corrected chi connectivity index (χ4v) is 2.03. The van der Waals surface area contributed by atoms with Gasteiger partial charge in [-0.05, 0) is 13.2 Å². The van der Waals surface area contributed by atoms with E-state index in [1.54, 1.807) is 0 Å². The number of carbonyl (C=O) groups is 1. The monoisotopic (exact) mass is 238 g/mol. The molecule has 0 aromatic carbocycles. The Labute approximate surface area is 98.6 Å². The van der Waals surface area contributed by atoms with Gasteiger partial charge in [0.25, 0.3) is 0 Å². The highest BCUT2D eigenvalue weighted by Gasteiger charge is 2.18. The molecular weight excluding hydrogens is 224 g/mol. The summed E-state index contributed by atoms with van der Waals surface area (Å²) in [6.07, 6.45) is 1.95. The van der Waals surface area contributed by atoms with Crippen molar-refractivity contribution in [1.29, 1.82) is 0 Å². The van der Waals surface area contributed by atoms with E-state index in [4.69, 9.17) is 0 Å². The third kappa shape index (κ3) is 2.44. The number of hydrogen-bond donors (Lipinski definition) is 1. The van der Waals surface area contributed by atoms with E-state index in [2.05, 4.69) is 15.3 Å². The fourth-order valence-electron chi connectivity index (χ4n) is 1.61. The molecule has 1 aromatic heterocycles. The number of aromatic nitrogens is 2. The zero-order valence-electron chi connectivity index (χ0n) is 9.36. The summed E-state index contributed by atoms with van der Waals surface area (Å²) in [6.45, 7) is 3.80. The van der Waals surface area contributed by atoms with Crippen LogP contribution in [-0.4, -0.2) is 41.8 Å². The number of anilines is 1. The molecule has 0 radical (unpaired) electrons. The fraction of sp³-hybridized carbons (Fsp3) is 0.500. The third-order valence-corrected chi connectivity index (χ3v) is 2.91. The molecule has 1 fully saturated rings. The highest BCUT2D eigenvalue weighted by Crippen LogP contribution is 2.17. The molecule has 0 aliphatic carbocycles. The van der Waals surface area contributed by atoms with Crippen molar-refractivity contribution in [3.63, 3.8) is 0 Å². The summed E-state index contributed by atoms with van der Waals surface area (Å²) in [6, 6.07) is 1.92. The van der Waals surface area contributed by atoms with Gasteiger partial charge in [0.05, 0.1) is 6.54 Å². The quantitative estimate of drug-likeness (QED) is 0.598. The maximum absolute atomic E-state index is 11.3. The van der Waals surface area contributed by atoms with Gasteiger partial charge < -0.3 is 10.2 Å². The Bertz CT molecular complexity index is 410. The lowest BCUT2D eigenvalue weighted by atomic mass is 10.3. The second kappa shape index (κ2) is 4.69. The first-order chi connectivity index (χ1) is 7.69. The predicted octanol–water partition coefficient (Wildman–Crippen LogP) is 0.443. The van der Waals surface area contributed by atoms with Crippen LogP contribution in [0.1, 0.15) is 5.69 Å². The van der Waals surface area contributed by atoms with E-state index in [-0.39, 0.29) is 5.91 Å². The van der Waals surface area contributed by atoms with Crippen LogP contribution in [0.4, 0.5) is 5.82 Å². The molecule has 1 aliphatic rings. The van der Waals surface area contributed by atoms with Crippen LogP contribution in [0.15, 0.2) is 11.2 Å². The first kappa shape index (κ1) is 11.2. The van der Waals surface area contributed by atoms with Crippen molar-refractivity contribution < 1.29 is 4.79 Å². The lowest BCUT2D eigenvalue weighted by Gasteiger charge is -2.27. The molecule has 0 spiro atoms. The highest BCUT2D eigenvalue weighted by atomic mass is 32.2. The van der Waals surface area contributed by atoms with Crippen molar-refractivity contribution in [2.24, 2.45) is 0 Å². The van der Waals surface area contributed by atoms with Crippen LogP contribution in [0, 0.1) is 6.92 Å². The molecule has 1 aliphatic heterocycles. The largest absolute Gasteiger partial charge is 0.353 e. The SMILES string of the molecule is CSc1nc(C)cc(N2CCNC(=O)C2)n1. The molecule has 5 nitrogen and oxygen atoms in total. The average Bonchev–Trinajstić information content (AvgIpc) is 2.28. The second-order valence-corrected chi connectivity index (χ2v) is 4.40. The number of piperazine rings is 1. The summed E-state index contributed by atoms with van der Waals surface area (Å²) in [7, 11) is 0. The molecule has 2 rings (SSSR count). The summed E-state index contributed by atoms with van der Waals surface area (Å²) in [5.41, 5.74) is 0.931. The Morgan fingerprint density at radius 1 is 1.50 bits per heavy atom. The summed E-state index contributed by atoms with van der Waals surface area (Å²) in [5, 5.41) is 3.55. The summed E-state index contributed by atoms with van der Waals surface area (Å²) < 4.78 is 0. The number of thioether (sulfide) groups is 1. The number of amides is 1. The minimum absolute atomic E-state index is 0.0493. The molecule has 0 unspecified atom stereocenters. The van der Waals surface area contributed by atoms with Gasteiger partial charge in [-0.2, -0.15) is 0 Å². The zero-order chi connectivity index (χ0) is 11.5. The van der Waals surface area contributed by atoms with Crippen molar-refractivity contribution in [3.8, 4) is 0 Å². The number of hydrogen-bond acceptors (Lipinski definition) is 5. The van der Waals surface area contributed by atoms with E-state index < -0.39 is 0 Å². The van der Waals surface area contributed by atoms with Gasteiger partial charge in [0.2, 0.25) is 5.91 Å². The molecule has 0 bridgehead atoms. The molecule has 0 atom stereocenters. The van der Waals surface area contributed by atoms with Crippen molar-refractivity contribution in [2.75, 3.05) is 30.8 Å². The number of nitrogens with zero attached hydrogens (tertiary/aromatic N) is 3. The summed E-state index contributed by atoms with van der Waals surface area (Å²) in [5.74, 6) is 0.889. The molecule has 1 amide bonds. The van der Waals surface area contributed by atoms with Gasteiger partial charge in [-0.25, -0.2) is 9.97 Å². The lowest BCUT2D eigenvalue weighted by molar-refractivity contribution is -0.120. The van der Waals surface area contributed by atoms with E-state index in [0.717, 1.165) is 23.2 Å². The summed E-state index contributed by atoms with van der Waals surface area (Å²) in [4.78, 5) is 22.0. The Balaban J connectivity index is 2.24. The maximum atomic E-state index is 11.3. The van der Waals surface area contributed by atoms with Crippen molar-refractivity contribution in [1.82, 2.24) is 15.3 Å². The van der Waals surface area contributed by atoms with E-state index in [1.165, 1.54) is 11.8 Å². The Morgan fingerprint density at radius 2 is 2.31 bits per heavy atom. The van der Waals surface area contributed by atoms with Crippen LogP contribution in [0.5, 0.6) is 0 Å². The topological polar surface area (TPSA) is 58.1 Å². The van der Waals surface area contributed by atoms with Crippen molar-refractivity contribution in [3.05, 3.63) is 11.8 Å². The van der Waals surface area contributed by atoms with Crippen molar-refractivity contribution in [2.45, 2.75) is 12.1 Å². The molecule has 1 aromatic rings. The first-order valence-electron chi connectivity index (χ1n) is 5.10. The number of rotatable bonds is 2. The van der Waals surface area contributed by atoms with Gasteiger partial charge in [0, 0.05) is 24.8 Å². The average molecular weight is 238 g/mol. The van der Waals surface area contributed by atoms with Gasteiger partial charge in [-0.3, -0.25) is 4.79 Å². The van der Waals surface area contributed by atoms with Gasteiger partial charge in [0.15, 0.2) is 5.16 Å². The Morgan fingerprint density at radius 3 is 3.00 bits per heavy atom. The van der Waals surface area contributed by atoms with Gasteiger partial charge in [0.1, 0.15) is 5.82 Å². The predicted molar refractivity (Wildman–Crippen MR) is 63.8 cm³/mol. The van der Waals surface area contributed by atoms with E-state index >= 15 is 0 Å². The normalized spacial score (nSPS) is 16.1. The van der Waals surface area contributed by atoms with Gasteiger partial charge in [-0.1, -0.05) is 11.8 Å². The standard InChI is InChI=1S/C10H14N4OS/c1-7-5-8(13-10(12-7)16-2)14-4-3-11-9(15)6-14/h5H,3-4,6H2,1-2H3,(H,11,15). The van der Waals surface area contributed by atoms with Crippen LogP contribution >= 0.6 is 11.8 Å². The third-order valence-electron chi connectivity index (χ3n) is 2.37. The number of aryl methyl sites for hydroxylation is 1. The number of carbonyl (C=O) groups excluding carboxylic acids is 1. The molecule has 0 saturated carbocycles. The van der Waals surface area contributed by atoms with Gasteiger partial charge in [-0.15, -0.1) is 0 Å². The minimum atomic E-state index is 0.0493. The molecule has 6 heteroatoms. The maximum Gasteiger partial charge on any atom is 0.239 e. The van der Waals surface area contributed by atoms with E-state index in [9.17, 15) is 4.79 Å². The zero-order valence-corrected chi connectivity index (χ0v) is 10.2. The molecule has 1 saturated heterocycles. The molecular formula is C10H14N4OS. The molecule has 86 valence electrons. The molecule has 1 N–H and O–H groups in total. The Hall–Kier alpha value is -1.30. The smallest absolute Gasteiger partial charge is 0.239 e. The van der Waals surface area contributed by atoms with Gasteiger partial charge >= 0.3 is 0 Å².